The highest BCUT2D eigenvalue weighted by atomic mass is 79.9. The second-order valence-electron chi connectivity index (χ2n) is 12.2. The molecule has 2 bridgehead atoms. The maximum absolute atomic E-state index is 14.6. The second-order valence-corrected chi connectivity index (χ2v) is 14.9. The van der Waals surface area contributed by atoms with Gasteiger partial charge in [0.1, 0.15) is 6.04 Å². The van der Waals surface area contributed by atoms with Crippen molar-refractivity contribution in [3.63, 3.8) is 0 Å². The molecule has 0 saturated carbocycles. The van der Waals surface area contributed by atoms with Crippen LogP contribution in [-0.2, 0) is 27.3 Å². The predicted molar refractivity (Wildman–Crippen MR) is 181 cm³/mol. The summed E-state index contributed by atoms with van der Waals surface area (Å²) in [6, 6.07) is 31.6. The number of nitrogens with one attached hydrogen (secondary N) is 2. The molecule has 9 heteroatoms. The number of amides is 3. The lowest BCUT2D eigenvalue weighted by atomic mass is 9.70. The first-order valence-corrected chi connectivity index (χ1v) is 17.1. The van der Waals surface area contributed by atoms with Crippen LogP contribution in [0.5, 0.6) is 0 Å². The Morgan fingerprint density at radius 3 is 2.29 bits per heavy atom. The van der Waals surface area contributed by atoms with Gasteiger partial charge in [-0.2, -0.15) is 0 Å². The summed E-state index contributed by atoms with van der Waals surface area (Å²) in [5.74, 6) is -2.01. The first kappa shape index (κ1) is 30.0. The Hall–Kier alpha value is -3.66. The van der Waals surface area contributed by atoms with E-state index in [4.69, 9.17) is 0 Å². The molecule has 3 N–H and O–H groups in total. The molecular formula is C36H34BrN3O4S. The van der Waals surface area contributed by atoms with Crippen molar-refractivity contribution in [2.75, 3.05) is 11.9 Å². The third-order valence-electron chi connectivity index (χ3n) is 9.52. The summed E-state index contributed by atoms with van der Waals surface area (Å²) in [6.45, 7) is 0.0528. The minimum Gasteiger partial charge on any atom is -0.394 e. The van der Waals surface area contributed by atoms with Crippen LogP contribution < -0.4 is 10.6 Å². The molecule has 230 valence electrons. The molecule has 7 nitrogen and oxygen atoms in total. The Labute approximate surface area is 274 Å². The van der Waals surface area contributed by atoms with Gasteiger partial charge in [-0.25, -0.2) is 0 Å². The largest absolute Gasteiger partial charge is 0.394 e. The Morgan fingerprint density at radius 1 is 0.911 bits per heavy atom. The number of alkyl halides is 1. The zero-order valence-electron chi connectivity index (χ0n) is 24.5. The van der Waals surface area contributed by atoms with Crippen molar-refractivity contribution < 1.29 is 19.5 Å². The maximum Gasteiger partial charge on any atom is 0.248 e. The molecule has 0 aromatic heterocycles. The first-order valence-electron chi connectivity index (χ1n) is 15.3. The lowest BCUT2D eigenvalue weighted by Crippen LogP contribution is -2.55. The molecule has 4 aromatic rings. The third kappa shape index (κ3) is 5.34. The lowest BCUT2D eigenvalue weighted by molar-refractivity contribution is -0.142. The van der Waals surface area contributed by atoms with E-state index < -0.39 is 28.7 Å². The summed E-state index contributed by atoms with van der Waals surface area (Å²) < 4.78 is -0.824. The smallest absolute Gasteiger partial charge is 0.248 e. The Bertz CT molecular complexity index is 1740. The number of benzene rings is 4. The normalized spacial score (nSPS) is 27.4. The van der Waals surface area contributed by atoms with Crippen LogP contribution >= 0.6 is 27.7 Å². The molecule has 0 aliphatic carbocycles. The number of aliphatic hydroxyl groups is 1. The molecule has 4 aromatic carbocycles. The van der Waals surface area contributed by atoms with E-state index in [1.807, 2.05) is 103 Å². The standard InChI is InChI=1S/C36H34BrN3O4S/c37-28-19-36-30(29(31(28)45-36)33(42)38-20-23-11-5-2-6-12-23)35(44)40(27(21-41)17-22-9-3-1-4-10-22)32(36)34(43)39-26-16-15-24-13-7-8-14-25(24)18-26/h1-16,18,27-32,41H,17,19-21H2,(H,38,42)(H,39,43)/t27-,28?,29+,30+,31+,32?,36?/m1/s1. The molecule has 3 unspecified atom stereocenters. The summed E-state index contributed by atoms with van der Waals surface area (Å²) in [4.78, 5) is 44.6. The summed E-state index contributed by atoms with van der Waals surface area (Å²) in [5.41, 5.74) is 2.57. The van der Waals surface area contributed by atoms with Crippen LogP contribution in [0.4, 0.5) is 5.69 Å². The summed E-state index contributed by atoms with van der Waals surface area (Å²) >= 11 is 5.43. The van der Waals surface area contributed by atoms with Gasteiger partial charge in [0, 0.05) is 22.3 Å². The molecule has 3 amide bonds. The average Bonchev–Trinajstić information content (AvgIpc) is 3.66. The number of thioether (sulfide) groups is 1. The molecule has 3 saturated heterocycles. The molecular weight excluding hydrogens is 650 g/mol. The van der Waals surface area contributed by atoms with Gasteiger partial charge in [0.15, 0.2) is 0 Å². The van der Waals surface area contributed by atoms with E-state index in [0.29, 0.717) is 25.1 Å². The number of rotatable bonds is 9. The van der Waals surface area contributed by atoms with E-state index in [2.05, 4.69) is 26.6 Å². The number of hydrogen-bond donors (Lipinski definition) is 3. The van der Waals surface area contributed by atoms with Crippen LogP contribution in [-0.4, -0.2) is 61.2 Å². The fourth-order valence-corrected chi connectivity index (χ4v) is 11.2. The van der Waals surface area contributed by atoms with Gasteiger partial charge in [0.2, 0.25) is 17.7 Å². The van der Waals surface area contributed by atoms with Crippen molar-refractivity contribution in [3.05, 3.63) is 114 Å². The SMILES string of the molecule is O=C(Nc1ccc2ccccc2c1)C1N([C@@H](CO)Cc2ccccc2)C(=O)[C@@H]2[C@H](C(=O)NCc3ccccc3)[C@H]3SC12CC3Br. The number of halogens is 1. The van der Waals surface area contributed by atoms with Crippen LogP contribution in [0.15, 0.2) is 103 Å². The highest BCUT2D eigenvalue weighted by Gasteiger charge is 2.76. The molecule has 45 heavy (non-hydrogen) atoms. The Kier molecular flexibility index (Phi) is 8.18. The van der Waals surface area contributed by atoms with Crippen LogP contribution in [0.1, 0.15) is 17.5 Å². The van der Waals surface area contributed by atoms with E-state index >= 15 is 0 Å². The van der Waals surface area contributed by atoms with Crippen LogP contribution in [0, 0.1) is 11.8 Å². The minimum absolute atomic E-state index is 0.0448. The third-order valence-corrected chi connectivity index (χ3v) is 12.7. The minimum atomic E-state index is -0.871. The average molecular weight is 685 g/mol. The number of hydrogen-bond acceptors (Lipinski definition) is 5. The van der Waals surface area contributed by atoms with Gasteiger partial charge in [-0.3, -0.25) is 14.4 Å². The van der Waals surface area contributed by atoms with Crippen molar-refractivity contribution >= 4 is 61.9 Å². The number of carbonyl (C=O) groups is 3. The van der Waals surface area contributed by atoms with Gasteiger partial charge in [0.05, 0.1) is 29.2 Å². The van der Waals surface area contributed by atoms with Crippen molar-refractivity contribution in [2.45, 2.75) is 46.3 Å². The number of aliphatic hydroxyl groups excluding tert-OH is 1. The fourth-order valence-electron chi connectivity index (χ4n) is 7.58. The van der Waals surface area contributed by atoms with Gasteiger partial charge >= 0.3 is 0 Å². The molecule has 3 aliphatic heterocycles. The Morgan fingerprint density at radius 2 is 1.58 bits per heavy atom. The number of fused-ring (bicyclic) bond motifs is 2. The number of nitrogens with zero attached hydrogens (tertiary/aromatic N) is 1. The predicted octanol–water partition coefficient (Wildman–Crippen LogP) is 5.16. The quantitative estimate of drug-likeness (QED) is 0.212. The molecule has 3 fully saturated rings. The van der Waals surface area contributed by atoms with Gasteiger partial charge < -0.3 is 20.6 Å². The van der Waals surface area contributed by atoms with Gasteiger partial charge in [-0.15, -0.1) is 11.8 Å². The highest BCUT2D eigenvalue weighted by molar-refractivity contribution is 9.09. The van der Waals surface area contributed by atoms with Gasteiger partial charge in [-0.05, 0) is 46.9 Å². The molecule has 7 atom stereocenters. The fraction of sp³-hybridized carbons (Fsp3) is 0.306. The topological polar surface area (TPSA) is 98.7 Å². The molecule has 1 spiro atoms. The van der Waals surface area contributed by atoms with Crippen molar-refractivity contribution in [1.82, 2.24) is 10.2 Å². The van der Waals surface area contributed by atoms with Crippen molar-refractivity contribution in [1.29, 1.82) is 0 Å². The number of carbonyl (C=O) groups excluding carboxylic acids is 3. The zero-order chi connectivity index (χ0) is 31.1. The van der Waals surface area contributed by atoms with E-state index in [9.17, 15) is 19.5 Å². The molecule has 7 rings (SSSR count). The van der Waals surface area contributed by atoms with Crippen molar-refractivity contribution in [3.8, 4) is 0 Å². The van der Waals surface area contributed by atoms with Gasteiger partial charge in [0.25, 0.3) is 0 Å². The summed E-state index contributed by atoms with van der Waals surface area (Å²) in [6.07, 6.45) is 0.958. The molecule has 0 radical (unpaired) electrons. The van der Waals surface area contributed by atoms with Crippen LogP contribution in [0.3, 0.4) is 0 Å². The van der Waals surface area contributed by atoms with E-state index in [0.717, 1.165) is 21.9 Å². The Balaban J connectivity index is 1.24. The summed E-state index contributed by atoms with van der Waals surface area (Å²) in [5, 5.41) is 18.8. The second kappa shape index (κ2) is 12.3. The number of likely N-dealkylation sites (tertiary alicyclic amines) is 1. The van der Waals surface area contributed by atoms with Crippen LogP contribution in [0.25, 0.3) is 10.8 Å². The zero-order valence-corrected chi connectivity index (χ0v) is 26.9. The van der Waals surface area contributed by atoms with Gasteiger partial charge in [-0.1, -0.05) is 107 Å². The van der Waals surface area contributed by atoms with Crippen molar-refractivity contribution in [2.24, 2.45) is 11.8 Å². The number of anilines is 1. The van der Waals surface area contributed by atoms with E-state index in [-0.39, 0.29) is 34.4 Å². The maximum atomic E-state index is 14.6. The van der Waals surface area contributed by atoms with E-state index in [1.54, 1.807) is 16.7 Å². The van der Waals surface area contributed by atoms with Crippen LogP contribution in [0.2, 0.25) is 0 Å². The lowest BCUT2D eigenvalue weighted by Gasteiger charge is -2.37. The highest BCUT2D eigenvalue weighted by Crippen LogP contribution is 2.68. The monoisotopic (exact) mass is 683 g/mol. The summed E-state index contributed by atoms with van der Waals surface area (Å²) in [7, 11) is 0. The molecule has 3 aliphatic rings. The first-order chi connectivity index (χ1) is 21.9. The molecule has 3 heterocycles. The van der Waals surface area contributed by atoms with E-state index in [1.165, 1.54) is 0 Å².